The van der Waals surface area contributed by atoms with Gasteiger partial charge in [-0.2, -0.15) is 0 Å². The minimum atomic E-state index is 0.677. The Labute approximate surface area is 105 Å². The first kappa shape index (κ1) is 14.1. The van der Waals surface area contributed by atoms with Crippen LogP contribution in [-0.2, 0) is 6.54 Å². The van der Waals surface area contributed by atoms with Gasteiger partial charge in [-0.15, -0.1) is 0 Å². The minimum Gasteiger partial charge on any atom is -0.310 e. The van der Waals surface area contributed by atoms with E-state index in [1.165, 1.54) is 6.42 Å². The number of nitrogens with zero attached hydrogens (tertiary/aromatic N) is 2. The van der Waals surface area contributed by atoms with E-state index in [4.69, 9.17) is 0 Å². The fraction of sp³-hybridized carbons (Fsp3) is 0.643. The summed E-state index contributed by atoms with van der Waals surface area (Å²) in [5.41, 5.74) is 1.11. The van der Waals surface area contributed by atoms with Crippen molar-refractivity contribution in [2.45, 2.75) is 39.8 Å². The molecule has 1 heterocycles. The first-order chi connectivity index (χ1) is 8.27. The molecule has 3 heteroatoms. The van der Waals surface area contributed by atoms with E-state index in [1.54, 1.807) is 0 Å². The lowest BCUT2D eigenvalue weighted by molar-refractivity contribution is 0.215. The normalized spacial score (nSPS) is 12.9. The van der Waals surface area contributed by atoms with Crippen molar-refractivity contribution in [1.82, 2.24) is 15.2 Å². The van der Waals surface area contributed by atoms with E-state index in [2.05, 4.69) is 42.0 Å². The van der Waals surface area contributed by atoms with E-state index in [9.17, 15) is 0 Å². The van der Waals surface area contributed by atoms with Crippen LogP contribution in [0.1, 0.15) is 32.9 Å². The average molecular weight is 235 g/mol. The fourth-order valence-electron chi connectivity index (χ4n) is 1.89. The van der Waals surface area contributed by atoms with Crippen LogP contribution in [0.5, 0.6) is 0 Å². The topological polar surface area (TPSA) is 28.2 Å². The number of aromatic nitrogens is 1. The Morgan fingerprint density at radius 1 is 1.35 bits per heavy atom. The molecule has 0 aromatic carbocycles. The molecule has 1 aromatic rings. The Morgan fingerprint density at radius 2 is 2.18 bits per heavy atom. The zero-order valence-electron chi connectivity index (χ0n) is 11.3. The Morgan fingerprint density at radius 3 is 2.76 bits per heavy atom. The van der Waals surface area contributed by atoms with Crippen LogP contribution < -0.4 is 5.32 Å². The van der Waals surface area contributed by atoms with E-state index in [1.807, 2.05) is 18.3 Å². The molecule has 0 spiro atoms. The summed E-state index contributed by atoms with van der Waals surface area (Å²) in [6.07, 6.45) is 3.06. The molecule has 17 heavy (non-hydrogen) atoms. The first-order valence-corrected chi connectivity index (χ1v) is 6.62. The second kappa shape index (κ2) is 8.20. The summed E-state index contributed by atoms with van der Waals surface area (Å²) < 4.78 is 0. The second-order valence-corrected chi connectivity index (χ2v) is 4.38. The molecule has 0 bridgehead atoms. The van der Waals surface area contributed by atoms with Gasteiger partial charge in [0.1, 0.15) is 0 Å². The van der Waals surface area contributed by atoms with E-state index in [0.29, 0.717) is 6.04 Å². The molecule has 0 saturated carbocycles. The third kappa shape index (κ3) is 5.29. The third-order valence-electron chi connectivity index (χ3n) is 3.23. The van der Waals surface area contributed by atoms with Crippen LogP contribution >= 0.6 is 0 Å². The number of pyridine rings is 1. The molecule has 1 atom stereocenters. The van der Waals surface area contributed by atoms with Crippen LogP contribution in [0.2, 0.25) is 0 Å². The van der Waals surface area contributed by atoms with Gasteiger partial charge in [0, 0.05) is 31.9 Å². The van der Waals surface area contributed by atoms with Gasteiger partial charge in [-0.1, -0.05) is 19.9 Å². The van der Waals surface area contributed by atoms with E-state index >= 15 is 0 Å². The Balaban J connectivity index is 2.19. The lowest BCUT2D eigenvalue weighted by atomic mass is 10.2. The van der Waals surface area contributed by atoms with Crippen molar-refractivity contribution in [2.75, 3.05) is 19.6 Å². The number of hydrogen-bond acceptors (Lipinski definition) is 3. The molecule has 0 aliphatic carbocycles. The predicted molar refractivity (Wildman–Crippen MR) is 72.9 cm³/mol. The van der Waals surface area contributed by atoms with Gasteiger partial charge in [0.15, 0.2) is 0 Å². The van der Waals surface area contributed by atoms with Crippen molar-refractivity contribution in [3.63, 3.8) is 0 Å². The highest BCUT2D eigenvalue weighted by Gasteiger charge is 2.08. The highest BCUT2D eigenvalue weighted by Crippen LogP contribution is 2.01. The number of rotatable bonds is 8. The van der Waals surface area contributed by atoms with Gasteiger partial charge < -0.3 is 5.32 Å². The Hall–Kier alpha value is -0.930. The second-order valence-electron chi connectivity index (χ2n) is 4.38. The molecular formula is C14H25N3. The standard InChI is InChI=1S/C14H25N3/c1-4-13(3)17(5-2)11-10-15-12-14-8-6-7-9-16-14/h6-9,13,15H,4-5,10-12H2,1-3H3. The summed E-state index contributed by atoms with van der Waals surface area (Å²) >= 11 is 0. The zero-order chi connectivity index (χ0) is 12.5. The largest absolute Gasteiger partial charge is 0.310 e. The smallest absolute Gasteiger partial charge is 0.0541 e. The first-order valence-electron chi connectivity index (χ1n) is 6.62. The van der Waals surface area contributed by atoms with Crippen LogP contribution in [-0.4, -0.2) is 35.6 Å². The summed E-state index contributed by atoms with van der Waals surface area (Å²) in [5.74, 6) is 0. The molecule has 96 valence electrons. The molecule has 1 N–H and O–H groups in total. The molecule has 0 amide bonds. The third-order valence-corrected chi connectivity index (χ3v) is 3.23. The van der Waals surface area contributed by atoms with Gasteiger partial charge >= 0.3 is 0 Å². The molecular weight excluding hydrogens is 210 g/mol. The number of nitrogens with one attached hydrogen (secondary N) is 1. The maximum Gasteiger partial charge on any atom is 0.0541 e. The van der Waals surface area contributed by atoms with Crippen molar-refractivity contribution < 1.29 is 0 Å². The summed E-state index contributed by atoms with van der Waals surface area (Å²) in [6, 6.07) is 6.71. The summed E-state index contributed by atoms with van der Waals surface area (Å²) in [6.45, 7) is 10.9. The zero-order valence-corrected chi connectivity index (χ0v) is 11.3. The molecule has 0 radical (unpaired) electrons. The van der Waals surface area contributed by atoms with Crippen LogP contribution in [0.3, 0.4) is 0 Å². The van der Waals surface area contributed by atoms with Crippen LogP contribution in [0, 0.1) is 0 Å². The maximum absolute atomic E-state index is 4.29. The van der Waals surface area contributed by atoms with Crippen LogP contribution in [0.15, 0.2) is 24.4 Å². The number of hydrogen-bond donors (Lipinski definition) is 1. The SMILES string of the molecule is CCC(C)N(CC)CCNCc1ccccn1. The summed E-state index contributed by atoms with van der Waals surface area (Å²) in [5, 5.41) is 3.44. The van der Waals surface area contributed by atoms with Crippen molar-refractivity contribution in [3.8, 4) is 0 Å². The minimum absolute atomic E-state index is 0.677. The predicted octanol–water partition coefficient (Wildman–Crippen LogP) is 2.29. The van der Waals surface area contributed by atoms with Gasteiger partial charge in [-0.25, -0.2) is 0 Å². The highest BCUT2D eigenvalue weighted by molar-refractivity contribution is 5.02. The quantitative estimate of drug-likeness (QED) is 0.701. The molecule has 0 aliphatic rings. The van der Waals surface area contributed by atoms with Gasteiger partial charge in [0.2, 0.25) is 0 Å². The maximum atomic E-state index is 4.29. The van der Waals surface area contributed by atoms with Crippen LogP contribution in [0.4, 0.5) is 0 Å². The lowest BCUT2D eigenvalue weighted by Gasteiger charge is -2.26. The molecule has 0 saturated heterocycles. The summed E-state index contributed by atoms with van der Waals surface area (Å²) in [7, 11) is 0. The van der Waals surface area contributed by atoms with Crippen molar-refractivity contribution >= 4 is 0 Å². The lowest BCUT2D eigenvalue weighted by Crippen LogP contribution is -2.37. The van der Waals surface area contributed by atoms with Gasteiger partial charge in [0.25, 0.3) is 0 Å². The molecule has 1 rings (SSSR count). The highest BCUT2D eigenvalue weighted by atomic mass is 15.2. The average Bonchev–Trinajstić information content (AvgIpc) is 2.39. The number of likely N-dealkylation sites (N-methyl/N-ethyl adjacent to an activating group) is 1. The summed E-state index contributed by atoms with van der Waals surface area (Å²) in [4.78, 5) is 6.80. The van der Waals surface area contributed by atoms with E-state index < -0.39 is 0 Å². The van der Waals surface area contributed by atoms with Gasteiger partial charge in [-0.05, 0) is 32.0 Å². The van der Waals surface area contributed by atoms with Crippen LogP contribution in [0.25, 0.3) is 0 Å². The van der Waals surface area contributed by atoms with Crippen molar-refractivity contribution in [3.05, 3.63) is 30.1 Å². The monoisotopic (exact) mass is 235 g/mol. The molecule has 1 aromatic heterocycles. The van der Waals surface area contributed by atoms with Gasteiger partial charge in [-0.3, -0.25) is 9.88 Å². The van der Waals surface area contributed by atoms with E-state index in [0.717, 1.165) is 31.9 Å². The molecule has 0 aliphatic heterocycles. The molecule has 3 nitrogen and oxygen atoms in total. The van der Waals surface area contributed by atoms with Crippen molar-refractivity contribution in [1.29, 1.82) is 0 Å². The fourth-order valence-corrected chi connectivity index (χ4v) is 1.89. The van der Waals surface area contributed by atoms with Gasteiger partial charge in [0.05, 0.1) is 5.69 Å². The Bertz CT molecular complexity index is 287. The van der Waals surface area contributed by atoms with E-state index in [-0.39, 0.29) is 0 Å². The molecule has 1 unspecified atom stereocenters. The Kier molecular flexibility index (Phi) is 6.82. The molecule has 0 fully saturated rings. The van der Waals surface area contributed by atoms with Crippen molar-refractivity contribution in [2.24, 2.45) is 0 Å².